The first-order chi connectivity index (χ1) is 18.2. The molecule has 4 rings (SSSR count). The highest BCUT2D eigenvalue weighted by atomic mass is 32.2. The number of carboxylic acids is 2. The van der Waals surface area contributed by atoms with Crippen LogP contribution in [-0.2, 0) is 32.8 Å². The summed E-state index contributed by atoms with van der Waals surface area (Å²) in [5.74, 6) is -2.24. The van der Waals surface area contributed by atoms with E-state index in [1.54, 1.807) is 35.7 Å². The van der Waals surface area contributed by atoms with E-state index >= 15 is 0 Å². The van der Waals surface area contributed by atoms with Crippen molar-refractivity contribution in [1.29, 1.82) is 0 Å². The Labute approximate surface area is 221 Å². The molecule has 0 amide bonds. The number of benzene rings is 3. The number of ether oxygens (including phenoxy) is 2. The van der Waals surface area contributed by atoms with Gasteiger partial charge in [-0.2, -0.15) is 4.31 Å². The van der Waals surface area contributed by atoms with Gasteiger partial charge in [-0.3, -0.25) is 4.90 Å². The maximum absolute atomic E-state index is 12.8. The minimum atomic E-state index is -3.44. The SMILES string of the molecule is COc1ccc(CN2CCN(S(=O)(=O)c3ccccc3)CC2)cc1OCc1ccccc1.O=C(O)C(=O)O. The van der Waals surface area contributed by atoms with E-state index in [-0.39, 0.29) is 0 Å². The molecule has 1 saturated heterocycles. The van der Waals surface area contributed by atoms with E-state index in [0.29, 0.717) is 49.2 Å². The number of piperazine rings is 1. The van der Waals surface area contributed by atoms with Gasteiger partial charge in [-0.25, -0.2) is 18.0 Å². The quantitative estimate of drug-likeness (QED) is 0.412. The van der Waals surface area contributed by atoms with E-state index in [9.17, 15) is 8.42 Å². The summed E-state index contributed by atoms with van der Waals surface area (Å²) >= 11 is 0. The molecule has 0 aliphatic carbocycles. The van der Waals surface area contributed by atoms with Gasteiger partial charge in [0.2, 0.25) is 10.0 Å². The fourth-order valence-corrected chi connectivity index (χ4v) is 5.24. The standard InChI is InChI=1S/C25H28N2O4S.C2H2O4/c1-30-24-13-12-22(18-25(24)31-20-21-8-4-2-5-9-21)19-26-14-16-27(17-15-26)32(28,29)23-10-6-3-7-11-23;3-1(4)2(5)6/h2-13,18H,14-17,19-20H2,1H3;(H,3,4)(H,5,6). The molecule has 0 radical (unpaired) electrons. The third-order valence-corrected chi connectivity index (χ3v) is 7.68. The zero-order valence-electron chi connectivity index (χ0n) is 20.9. The van der Waals surface area contributed by atoms with Gasteiger partial charge in [0.25, 0.3) is 0 Å². The lowest BCUT2D eigenvalue weighted by molar-refractivity contribution is -0.159. The fraction of sp³-hybridized carbons (Fsp3) is 0.259. The molecule has 38 heavy (non-hydrogen) atoms. The van der Waals surface area contributed by atoms with Crippen LogP contribution in [0.2, 0.25) is 0 Å². The zero-order valence-corrected chi connectivity index (χ0v) is 21.7. The summed E-state index contributed by atoms with van der Waals surface area (Å²) in [5, 5.41) is 14.8. The molecule has 0 saturated carbocycles. The molecule has 3 aromatic carbocycles. The van der Waals surface area contributed by atoms with Gasteiger partial charge in [0, 0.05) is 32.7 Å². The Kier molecular flexibility index (Phi) is 10.2. The third-order valence-electron chi connectivity index (χ3n) is 5.77. The van der Waals surface area contributed by atoms with Gasteiger partial charge in [-0.1, -0.05) is 54.6 Å². The van der Waals surface area contributed by atoms with Gasteiger partial charge < -0.3 is 19.7 Å². The number of hydrogen-bond acceptors (Lipinski definition) is 7. The topological polar surface area (TPSA) is 134 Å². The summed E-state index contributed by atoms with van der Waals surface area (Å²) in [6, 6.07) is 24.6. The first kappa shape index (κ1) is 28.6. The number of sulfonamides is 1. The van der Waals surface area contributed by atoms with Crippen LogP contribution in [0, 0.1) is 0 Å². The van der Waals surface area contributed by atoms with Gasteiger partial charge in [0.05, 0.1) is 12.0 Å². The van der Waals surface area contributed by atoms with Gasteiger partial charge in [-0.05, 0) is 35.4 Å². The lowest BCUT2D eigenvalue weighted by Crippen LogP contribution is -2.48. The van der Waals surface area contributed by atoms with Crippen LogP contribution in [0.15, 0.2) is 83.8 Å². The van der Waals surface area contributed by atoms with E-state index in [1.807, 2.05) is 54.6 Å². The van der Waals surface area contributed by atoms with Gasteiger partial charge >= 0.3 is 11.9 Å². The lowest BCUT2D eigenvalue weighted by Gasteiger charge is -2.34. The zero-order chi connectivity index (χ0) is 27.5. The van der Waals surface area contributed by atoms with Crippen LogP contribution in [0.25, 0.3) is 0 Å². The van der Waals surface area contributed by atoms with Crippen LogP contribution < -0.4 is 9.47 Å². The minimum absolute atomic E-state index is 0.351. The Bertz CT molecular complexity index is 1300. The second-order valence-corrected chi connectivity index (χ2v) is 10.3. The first-order valence-electron chi connectivity index (χ1n) is 11.8. The molecule has 1 aliphatic rings. The minimum Gasteiger partial charge on any atom is -0.493 e. The highest BCUT2D eigenvalue weighted by molar-refractivity contribution is 7.89. The molecule has 202 valence electrons. The smallest absolute Gasteiger partial charge is 0.414 e. The molecular formula is C27H30N2O8S. The van der Waals surface area contributed by atoms with Crippen molar-refractivity contribution in [3.8, 4) is 11.5 Å². The second-order valence-electron chi connectivity index (χ2n) is 8.36. The monoisotopic (exact) mass is 542 g/mol. The van der Waals surface area contributed by atoms with Crippen LogP contribution in [0.5, 0.6) is 11.5 Å². The number of hydrogen-bond donors (Lipinski definition) is 2. The summed E-state index contributed by atoms with van der Waals surface area (Å²) in [7, 11) is -1.80. The van der Waals surface area contributed by atoms with Crippen molar-refractivity contribution < 1.29 is 37.7 Å². The largest absolute Gasteiger partial charge is 0.493 e. The van der Waals surface area contributed by atoms with Crippen molar-refractivity contribution in [1.82, 2.24) is 9.21 Å². The summed E-state index contributed by atoms with van der Waals surface area (Å²) in [6.45, 7) is 3.51. The van der Waals surface area contributed by atoms with E-state index < -0.39 is 22.0 Å². The number of nitrogens with zero attached hydrogens (tertiary/aromatic N) is 2. The summed E-state index contributed by atoms with van der Waals surface area (Å²) in [6.07, 6.45) is 0. The number of methoxy groups -OCH3 is 1. The number of carbonyl (C=O) groups is 2. The number of carboxylic acid groups (broad SMARTS) is 2. The van der Waals surface area contributed by atoms with Crippen molar-refractivity contribution >= 4 is 22.0 Å². The van der Waals surface area contributed by atoms with E-state index in [1.165, 1.54) is 0 Å². The average molecular weight is 543 g/mol. The number of aliphatic carboxylic acids is 2. The molecule has 2 N–H and O–H groups in total. The fourth-order valence-electron chi connectivity index (χ4n) is 3.80. The van der Waals surface area contributed by atoms with Crippen LogP contribution >= 0.6 is 0 Å². The van der Waals surface area contributed by atoms with Gasteiger partial charge in [-0.15, -0.1) is 0 Å². The molecule has 11 heteroatoms. The Morgan fingerprint density at radius 2 is 1.37 bits per heavy atom. The maximum Gasteiger partial charge on any atom is 0.414 e. The van der Waals surface area contributed by atoms with E-state index in [0.717, 1.165) is 17.7 Å². The molecule has 1 heterocycles. The molecule has 3 aromatic rings. The van der Waals surface area contributed by atoms with Crippen LogP contribution in [0.1, 0.15) is 11.1 Å². The number of rotatable bonds is 8. The molecule has 0 aromatic heterocycles. The third kappa shape index (κ3) is 8.04. The van der Waals surface area contributed by atoms with Gasteiger partial charge in [0.1, 0.15) is 6.61 Å². The Morgan fingerprint density at radius 1 is 0.789 bits per heavy atom. The molecular weight excluding hydrogens is 512 g/mol. The van der Waals surface area contributed by atoms with E-state index in [4.69, 9.17) is 29.3 Å². The summed E-state index contributed by atoms with van der Waals surface area (Å²) in [4.78, 5) is 20.8. The predicted octanol–water partition coefficient (Wildman–Crippen LogP) is 2.94. The summed E-state index contributed by atoms with van der Waals surface area (Å²) < 4.78 is 38.7. The molecule has 10 nitrogen and oxygen atoms in total. The Hall–Kier alpha value is -3.93. The second kappa shape index (κ2) is 13.6. The highest BCUT2D eigenvalue weighted by Crippen LogP contribution is 2.29. The normalized spacial score (nSPS) is 14.1. The van der Waals surface area contributed by atoms with E-state index in [2.05, 4.69) is 4.90 Å². The molecule has 1 aliphatic heterocycles. The molecule has 0 spiro atoms. The maximum atomic E-state index is 12.8. The van der Waals surface area contributed by atoms with Crippen molar-refractivity contribution in [3.63, 3.8) is 0 Å². The molecule has 0 bridgehead atoms. The van der Waals surface area contributed by atoms with Crippen LogP contribution in [0.4, 0.5) is 0 Å². The van der Waals surface area contributed by atoms with Gasteiger partial charge in [0.15, 0.2) is 11.5 Å². The van der Waals surface area contributed by atoms with Crippen molar-refractivity contribution in [2.75, 3.05) is 33.3 Å². The Morgan fingerprint density at radius 3 is 1.92 bits per heavy atom. The lowest BCUT2D eigenvalue weighted by atomic mass is 10.1. The first-order valence-corrected chi connectivity index (χ1v) is 13.2. The van der Waals surface area contributed by atoms with Crippen molar-refractivity contribution in [2.24, 2.45) is 0 Å². The highest BCUT2D eigenvalue weighted by Gasteiger charge is 2.28. The van der Waals surface area contributed by atoms with Crippen molar-refractivity contribution in [2.45, 2.75) is 18.0 Å². The molecule has 1 fully saturated rings. The van der Waals surface area contributed by atoms with Crippen LogP contribution in [-0.4, -0.2) is 73.1 Å². The summed E-state index contributed by atoms with van der Waals surface area (Å²) in [5.41, 5.74) is 2.20. The average Bonchev–Trinajstić information content (AvgIpc) is 2.93. The van der Waals surface area contributed by atoms with Crippen molar-refractivity contribution in [3.05, 3.63) is 90.0 Å². The van der Waals surface area contributed by atoms with Crippen LogP contribution in [0.3, 0.4) is 0 Å². The predicted molar refractivity (Wildman–Crippen MR) is 140 cm³/mol. The molecule has 0 unspecified atom stereocenters. The Balaban J connectivity index is 0.000000599. The molecule has 0 atom stereocenters.